The van der Waals surface area contributed by atoms with Crippen molar-refractivity contribution in [3.8, 4) is 17.2 Å². The summed E-state index contributed by atoms with van der Waals surface area (Å²) in [6.07, 6.45) is 2.04. The van der Waals surface area contributed by atoms with Crippen LogP contribution in [0.1, 0.15) is 49.9 Å². The lowest BCUT2D eigenvalue weighted by Crippen LogP contribution is -2.40. The average molecular weight is 427 g/mol. The van der Waals surface area contributed by atoms with Gasteiger partial charge in [-0.1, -0.05) is 26.0 Å². The van der Waals surface area contributed by atoms with Crippen molar-refractivity contribution in [2.24, 2.45) is 5.92 Å². The van der Waals surface area contributed by atoms with Gasteiger partial charge in [0, 0.05) is 11.6 Å². The number of carbonyl (C=O) groups is 1. The average Bonchev–Trinajstić information content (AvgIpc) is 3.24. The summed E-state index contributed by atoms with van der Waals surface area (Å²) < 4.78 is 16.3. The summed E-state index contributed by atoms with van der Waals surface area (Å²) in [5.41, 5.74) is 2.15. The van der Waals surface area contributed by atoms with Crippen molar-refractivity contribution in [3.63, 3.8) is 0 Å². The number of nitrogens with zero attached hydrogens (tertiary/aromatic N) is 1. The van der Waals surface area contributed by atoms with Crippen molar-refractivity contribution in [2.45, 2.75) is 38.8 Å². The maximum Gasteiger partial charge on any atom is 0.234 e. The number of benzene rings is 2. The molecule has 0 radical (unpaired) electrons. The Morgan fingerprint density at radius 2 is 1.71 bits per heavy atom. The summed E-state index contributed by atoms with van der Waals surface area (Å²) in [5.74, 6) is 2.74. The van der Waals surface area contributed by atoms with Gasteiger partial charge in [-0.15, -0.1) is 0 Å². The first-order valence-electron chi connectivity index (χ1n) is 10.9. The highest BCUT2D eigenvalue weighted by Crippen LogP contribution is 2.38. The van der Waals surface area contributed by atoms with Gasteiger partial charge in [0.2, 0.25) is 5.91 Å². The first-order chi connectivity index (χ1) is 15.0. The zero-order valence-electron chi connectivity index (χ0n) is 19.2. The van der Waals surface area contributed by atoms with Gasteiger partial charge in [-0.3, -0.25) is 9.69 Å². The minimum atomic E-state index is -0.0502. The van der Waals surface area contributed by atoms with Gasteiger partial charge in [0.25, 0.3) is 0 Å². The summed E-state index contributed by atoms with van der Waals surface area (Å²) in [4.78, 5) is 15.3. The summed E-state index contributed by atoms with van der Waals surface area (Å²) in [6.45, 7) is 5.47. The zero-order chi connectivity index (χ0) is 22.4. The molecule has 1 aliphatic heterocycles. The van der Waals surface area contributed by atoms with Crippen molar-refractivity contribution in [2.75, 3.05) is 34.4 Å². The highest BCUT2D eigenvalue weighted by atomic mass is 16.5. The Morgan fingerprint density at radius 1 is 1.03 bits per heavy atom. The van der Waals surface area contributed by atoms with E-state index in [-0.39, 0.29) is 23.9 Å². The quantitative estimate of drug-likeness (QED) is 0.646. The fraction of sp³-hybridized carbons (Fsp3) is 0.480. The van der Waals surface area contributed by atoms with E-state index >= 15 is 0 Å². The molecule has 2 aromatic rings. The van der Waals surface area contributed by atoms with Crippen molar-refractivity contribution >= 4 is 5.91 Å². The molecule has 3 rings (SSSR count). The van der Waals surface area contributed by atoms with E-state index in [2.05, 4.69) is 24.1 Å². The Morgan fingerprint density at radius 3 is 2.32 bits per heavy atom. The summed E-state index contributed by atoms with van der Waals surface area (Å²) in [5, 5.41) is 3.24. The third kappa shape index (κ3) is 5.50. The molecule has 0 aliphatic carbocycles. The van der Waals surface area contributed by atoms with Crippen LogP contribution in [0.25, 0.3) is 0 Å². The molecule has 0 aromatic heterocycles. The predicted octanol–water partition coefficient (Wildman–Crippen LogP) is 4.36. The number of ether oxygens (including phenoxy) is 3. The SMILES string of the molecule is COc1ccc(C(NC(=O)CN2CCCC2c2cc(OC)ccc2OC)C(C)C)cc1. The standard InChI is InChI=1S/C25H34N2O4/c1-17(2)25(18-8-10-19(29-3)11-9-18)26-24(28)16-27-14-6-7-22(27)21-15-20(30-4)12-13-23(21)31-5/h8-13,15,17,22,25H,6-7,14,16H2,1-5H3,(H,26,28). The molecule has 1 amide bonds. The molecule has 168 valence electrons. The monoisotopic (exact) mass is 426 g/mol. The molecule has 2 aromatic carbocycles. The molecule has 6 heteroatoms. The largest absolute Gasteiger partial charge is 0.497 e. The van der Waals surface area contributed by atoms with Crippen LogP contribution in [0.3, 0.4) is 0 Å². The number of likely N-dealkylation sites (tertiary alicyclic amines) is 1. The van der Waals surface area contributed by atoms with Crippen molar-refractivity contribution < 1.29 is 19.0 Å². The number of rotatable bonds is 9. The van der Waals surface area contributed by atoms with Crippen LogP contribution in [-0.4, -0.2) is 45.2 Å². The van der Waals surface area contributed by atoms with E-state index in [0.717, 1.165) is 47.8 Å². The van der Waals surface area contributed by atoms with E-state index in [1.807, 2.05) is 42.5 Å². The molecule has 0 spiro atoms. The number of hydrogen-bond acceptors (Lipinski definition) is 5. The van der Waals surface area contributed by atoms with E-state index in [9.17, 15) is 4.79 Å². The second kappa shape index (κ2) is 10.5. The van der Waals surface area contributed by atoms with E-state index in [4.69, 9.17) is 14.2 Å². The Kier molecular flexibility index (Phi) is 7.80. The van der Waals surface area contributed by atoms with Crippen LogP contribution in [0, 0.1) is 5.92 Å². The molecule has 1 saturated heterocycles. The molecule has 31 heavy (non-hydrogen) atoms. The maximum absolute atomic E-state index is 13.0. The number of nitrogens with one attached hydrogen (secondary N) is 1. The van der Waals surface area contributed by atoms with Gasteiger partial charge in [-0.2, -0.15) is 0 Å². The summed E-state index contributed by atoms with van der Waals surface area (Å²) >= 11 is 0. The summed E-state index contributed by atoms with van der Waals surface area (Å²) in [7, 11) is 5.00. The van der Waals surface area contributed by atoms with Crippen LogP contribution >= 0.6 is 0 Å². The van der Waals surface area contributed by atoms with Crippen molar-refractivity contribution in [1.29, 1.82) is 0 Å². The van der Waals surface area contributed by atoms with Gasteiger partial charge >= 0.3 is 0 Å². The Balaban J connectivity index is 1.72. The van der Waals surface area contributed by atoms with Crippen molar-refractivity contribution in [1.82, 2.24) is 10.2 Å². The molecular formula is C25H34N2O4. The third-order valence-corrected chi connectivity index (χ3v) is 5.96. The highest BCUT2D eigenvalue weighted by Gasteiger charge is 2.31. The molecule has 2 unspecified atom stereocenters. The second-order valence-electron chi connectivity index (χ2n) is 8.30. The smallest absolute Gasteiger partial charge is 0.234 e. The molecule has 0 saturated carbocycles. The molecular weight excluding hydrogens is 392 g/mol. The predicted molar refractivity (Wildman–Crippen MR) is 122 cm³/mol. The fourth-order valence-corrected chi connectivity index (χ4v) is 4.32. The van der Waals surface area contributed by atoms with Crippen LogP contribution < -0.4 is 19.5 Å². The first kappa shape index (κ1) is 22.9. The minimum absolute atomic E-state index is 0.0308. The molecule has 0 bridgehead atoms. The number of carbonyl (C=O) groups excluding carboxylic acids is 1. The number of hydrogen-bond donors (Lipinski definition) is 1. The normalized spacial score (nSPS) is 17.4. The van der Waals surface area contributed by atoms with Gasteiger partial charge in [0.05, 0.1) is 33.9 Å². The van der Waals surface area contributed by atoms with Crippen molar-refractivity contribution in [3.05, 3.63) is 53.6 Å². The second-order valence-corrected chi connectivity index (χ2v) is 8.30. The first-order valence-corrected chi connectivity index (χ1v) is 10.9. The fourth-order valence-electron chi connectivity index (χ4n) is 4.32. The molecule has 1 heterocycles. The lowest BCUT2D eigenvalue weighted by atomic mass is 9.96. The molecule has 2 atom stereocenters. The van der Waals surface area contributed by atoms with E-state index < -0.39 is 0 Å². The van der Waals surface area contributed by atoms with Gasteiger partial charge < -0.3 is 19.5 Å². The van der Waals surface area contributed by atoms with Gasteiger partial charge in [-0.05, 0) is 61.2 Å². The van der Waals surface area contributed by atoms with Crippen LogP contribution in [-0.2, 0) is 4.79 Å². The number of methoxy groups -OCH3 is 3. The van der Waals surface area contributed by atoms with Gasteiger partial charge in [-0.25, -0.2) is 0 Å². The maximum atomic E-state index is 13.0. The van der Waals surface area contributed by atoms with Crippen LogP contribution in [0.5, 0.6) is 17.2 Å². The van der Waals surface area contributed by atoms with Crippen LogP contribution in [0.2, 0.25) is 0 Å². The zero-order valence-corrected chi connectivity index (χ0v) is 19.2. The Labute approximate surface area is 185 Å². The van der Waals surface area contributed by atoms with E-state index in [1.54, 1.807) is 21.3 Å². The number of amides is 1. The van der Waals surface area contributed by atoms with Gasteiger partial charge in [0.1, 0.15) is 17.2 Å². The van der Waals surface area contributed by atoms with E-state index in [0.29, 0.717) is 6.54 Å². The molecule has 1 aliphatic rings. The summed E-state index contributed by atoms with van der Waals surface area (Å²) in [6, 6.07) is 13.8. The van der Waals surface area contributed by atoms with Gasteiger partial charge in [0.15, 0.2) is 0 Å². The third-order valence-electron chi connectivity index (χ3n) is 5.96. The lowest BCUT2D eigenvalue weighted by Gasteiger charge is -2.28. The van der Waals surface area contributed by atoms with Crippen LogP contribution in [0.15, 0.2) is 42.5 Å². The Bertz CT molecular complexity index is 866. The Hall–Kier alpha value is -2.73. The lowest BCUT2D eigenvalue weighted by molar-refractivity contribution is -0.123. The minimum Gasteiger partial charge on any atom is -0.497 e. The molecule has 1 N–H and O–H groups in total. The van der Waals surface area contributed by atoms with Crippen LogP contribution in [0.4, 0.5) is 0 Å². The molecule has 6 nitrogen and oxygen atoms in total. The highest BCUT2D eigenvalue weighted by molar-refractivity contribution is 5.78. The topological polar surface area (TPSA) is 60.0 Å². The van der Waals surface area contributed by atoms with E-state index in [1.165, 1.54) is 0 Å². The molecule has 1 fully saturated rings.